The number of ether oxygens (including phenoxy) is 1. The lowest BCUT2D eigenvalue weighted by Crippen LogP contribution is -2.46. The molecular formula is C15H22N2O4. The highest BCUT2D eigenvalue weighted by molar-refractivity contribution is 6.13. The van der Waals surface area contributed by atoms with Gasteiger partial charge in [-0.3, -0.25) is 14.5 Å². The van der Waals surface area contributed by atoms with Crippen LogP contribution < -0.4 is 5.32 Å². The van der Waals surface area contributed by atoms with Gasteiger partial charge in [0.1, 0.15) is 5.60 Å². The molecule has 0 unspecified atom stereocenters. The summed E-state index contributed by atoms with van der Waals surface area (Å²) in [6, 6.07) is -0.0199. The van der Waals surface area contributed by atoms with E-state index in [1.807, 2.05) is 20.8 Å². The Morgan fingerprint density at radius 2 is 1.67 bits per heavy atom. The lowest BCUT2D eigenvalue weighted by Gasteiger charge is -2.34. The standard InChI is InChI=1S/C15H22N2O4/c1-15(2,3)21-14(20)16-10-4-6-11(7-5-10)17-12(18)8-9-13(17)19/h8-11H,4-7H2,1-3H3,(H,16,20). The first kappa shape index (κ1) is 15.5. The summed E-state index contributed by atoms with van der Waals surface area (Å²) in [6.07, 6.45) is 5.10. The van der Waals surface area contributed by atoms with Gasteiger partial charge in [0.05, 0.1) is 0 Å². The molecule has 0 aromatic rings. The molecule has 21 heavy (non-hydrogen) atoms. The van der Waals surface area contributed by atoms with Crippen molar-refractivity contribution in [2.75, 3.05) is 0 Å². The van der Waals surface area contributed by atoms with Crippen molar-refractivity contribution in [3.05, 3.63) is 12.2 Å². The predicted octanol–water partition coefficient (Wildman–Crippen LogP) is 1.75. The van der Waals surface area contributed by atoms with Crippen LogP contribution in [0.5, 0.6) is 0 Å². The number of hydrogen-bond acceptors (Lipinski definition) is 4. The van der Waals surface area contributed by atoms with Crippen molar-refractivity contribution >= 4 is 17.9 Å². The van der Waals surface area contributed by atoms with E-state index in [1.54, 1.807) is 0 Å². The van der Waals surface area contributed by atoms with E-state index < -0.39 is 11.7 Å². The van der Waals surface area contributed by atoms with Crippen LogP contribution in [-0.2, 0) is 14.3 Å². The molecule has 2 aliphatic rings. The van der Waals surface area contributed by atoms with Crippen molar-refractivity contribution in [3.63, 3.8) is 0 Å². The SMILES string of the molecule is CC(C)(C)OC(=O)NC1CCC(N2C(=O)C=CC2=O)CC1. The molecule has 0 spiro atoms. The quantitative estimate of drug-likeness (QED) is 0.787. The summed E-state index contributed by atoms with van der Waals surface area (Å²) in [5, 5.41) is 2.84. The number of rotatable bonds is 2. The summed E-state index contributed by atoms with van der Waals surface area (Å²) in [5.41, 5.74) is -0.513. The van der Waals surface area contributed by atoms with E-state index in [1.165, 1.54) is 17.1 Å². The summed E-state index contributed by atoms with van der Waals surface area (Å²) in [7, 11) is 0. The van der Waals surface area contributed by atoms with Crippen LogP contribution in [0.2, 0.25) is 0 Å². The highest BCUT2D eigenvalue weighted by atomic mass is 16.6. The number of amides is 3. The van der Waals surface area contributed by atoms with E-state index in [9.17, 15) is 14.4 Å². The van der Waals surface area contributed by atoms with Gasteiger partial charge in [0.25, 0.3) is 11.8 Å². The molecule has 6 heteroatoms. The molecule has 0 saturated heterocycles. The molecular weight excluding hydrogens is 272 g/mol. The number of nitrogens with one attached hydrogen (secondary N) is 1. The summed E-state index contributed by atoms with van der Waals surface area (Å²) in [4.78, 5) is 36.3. The van der Waals surface area contributed by atoms with E-state index in [2.05, 4.69) is 5.32 Å². The molecule has 1 fully saturated rings. The Hall–Kier alpha value is -1.85. The second-order valence-corrected chi connectivity index (χ2v) is 6.53. The Labute approximate surface area is 124 Å². The normalized spacial score (nSPS) is 26.1. The van der Waals surface area contributed by atoms with E-state index in [0.717, 1.165) is 12.8 Å². The highest BCUT2D eigenvalue weighted by Gasteiger charge is 2.34. The molecule has 2 rings (SSSR count). The monoisotopic (exact) mass is 294 g/mol. The Balaban J connectivity index is 1.80. The number of alkyl carbamates (subject to hydrolysis) is 1. The zero-order valence-corrected chi connectivity index (χ0v) is 12.7. The smallest absolute Gasteiger partial charge is 0.407 e. The van der Waals surface area contributed by atoms with Crippen LogP contribution in [0.4, 0.5) is 4.79 Å². The third-order valence-corrected chi connectivity index (χ3v) is 3.63. The second kappa shape index (κ2) is 5.87. The average molecular weight is 294 g/mol. The minimum absolute atomic E-state index is 0.0388. The van der Waals surface area contributed by atoms with Crippen LogP contribution in [-0.4, -0.2) is 40.5 Å². The molecule has 0 atom stereocenters. The molecule has 1 heterocycles. The predicted molar refractivity (Wildman–Crippen MR) is 76.4 cm³/mol. The Morgan fingerprint density at radius 3 is 2.14 bits per heavy atom. The molecule has 1 saturated carbocycles. The van der Waals surface area contributed by atoms with Gasteiger partial charge in [0.15, 0.2) is 0 Å². The molecule has 0 aromatic heterocycles. The Bertz CT molecular complexity index is 453. The minimum Gasteiger partial charge on any atom is -0.444 e. The maximum absolute atomic E-state index is 11.7. The van der Waals surface area contributed by atoms with Crippen molar-refractivity contribution in [2.24, 2.45) is 0 Å². The lowest BCUT2D eigenvalue weighted by molar-refractivity contribution is -0.140. The van der Waals surface area contributed by atoms with Crippen LogP contribution in [0.1, 0.15) is 46.5 Å². The van der Waals surface area contributed by atoms with Crippen LogP contribution in [0.3, 0.4) is 0 Å². The van der Waals surface area contributed by atoms with E-state index in [-0.39, 0.29) is 23.9 Å². The molecule has 6 nitrogen and oxygen atoms in total. The molecule has 116 valence electrons. The van der Waals surface area contributed by atoms with Gasteiger partial charge < -0.3 is 10.1 Å². The van der Waals surface area contributed by atoms with E-state index in [0.29, 0.717) is 12.8 Å². The van der Waals surface area contributed by atoms with Crippen LogP contribution >= 0.6 is 0 Å². The minimum atomic E-state index is -0.513. The van der Waals surface area contributed by atoms with Gasteiger partial charge in [-0.1, -0.05) is 0 Å². The zero-order chi connectivity index (χ0) is 15.6. The fourth-order valence-corrected chi connectivity index (χ4v) is 2.72. The Kier molecular flexibility index (Phi) is 4.34. The molecule has 0 radical (unpaired) electrons. The highest BCUT2D eigenvalue weighted by Crippen LogP contribution is 2.25. The summed E-state index contributed by atoms with van der Waals surface area (Å²) in [6.45, 7) is 5.46. The first-order valence-electron chi connectivity index (χ1n) is 7.31. The first-order valence-corrected chi connectivity index (χ1v) is 7.31. The van der Waals surface area contributed by atoms with Gasteiger partial charge >= 0.3 is 6.09 Å². The van der Waals surface area contributed by atoms with Crippen molar-refractivity contribution in [2.45, 2.75) is 64.1 Å². The summed E-state index contributed by atoms with van der Waals surface area (Å²) < 4.78 is 5.22. The molecule has 0 bridgehead atoms. The largest absolute Gasteiger partial charge is 0.444 e. The number of hydrogen-bond donors (Lipinski definition) is 1. The topological polar surface area (TPSA) is 75.7 Å². The van der Waals surface area contributed by atoms with Gasteiger partial charge in [-0.05, 0) is 46.5 Å². The van der Waals surface area contributed by atoms with Gasteiger partial charge in [0, 0.05) is 24.2 Å². The average Bonchev–Trinajstić information content (AvgIpc) is 2.68. The van der Waals surface area contributed by atoms with E-state index >= 15 is 0 Å². The number of nitrogens with zero attached hydrogens (tertiary/aromatic N) is 1. The second-order valence-electron chi connectivity index (χ2n) is 6.53. The van der Waals surface area contributed by atoms with Gasteiger partial charge in [-0.15, -0.1) is 0 Å². The molecule has 1 N–H and O–H groups in total. The van der Waals surface area contributed by atoms with Crippen LogP contribution in [0, 0.1) is 0 Å². The van der Waals surface area contributed by atoms with Crippen molar-refractivity contribution in [1.82, 2.24) is 10.2 Å². The fraction of sp³-hybridized carbons (Fsp3) is 0.667. The first-order chi connectivity index (χ1) is 9.76. The van der Waals surface area contributed by atoms with Crippen molar-refractivity contribution in [3.8, 4) is 0 Å². The number of carbonyl (C=O) groups excluding carboxylic acids is 3. The maximum atomic E-state index is 11.7. The summed E-state index contributed by atoms with van der Waals surface area (Å²) >= 11 is 0. The Morgan fingerprint density at radius 1 is 1.14 bits per heavy atom. The molecule has 0 aromatic carbocycles. The molecule has 3 amide bonds. The maximum Gasteiger partial charge on any atom is 0.407 e. The molecule has 1 aliphatic heterocycles. The molecule has 1 aliphatic carbocycles. The van der Waals surface area contributed by atoms with Gasteiger partial charge in [-0.2, -0.15) is 0 Å². The van der Waals surface area contributed by atoms with Crippen molar-refractivity contribution in [1.29, 1.82) is 0 Å². The van der Waals surface area contributed by atoms with E-state index in [4.69, 9.17) is 4.74 Å². The summed E-state index contributed by atoms with van der Waals surface area (Å²) in [5.74, 6) is -0.466. The van der Waals surface area contributed by atoms with Crippen molar-refractivity contribution < 1.29 is 19.1 Å². The third kappa shape index (κ3) is 4.06. The lowest BCUT2D eigenvalue weighted by atomic mass is 9.90. The third-order valence-electron chi connectivity index (χ3n) is 3.63. The van der Waals surface area contributed by atoms with Gasteiger partial charge in [0.2, 0.25) is 0 Å². The van der Waals surface area contributed by atoms with Gasteiger partial charge in [-0.25, -0.2) is 4.79 Å². The fourth-order valence-electron chi connectivity index (χ4n) is 2.72. The number of carbonyl (C=O) groups is 3. The zero-order valence-electron chi connectivity index (χ0n) is 12.7. The number of imide groups is 1. The van der Waals surface area contributed by atoms with Crippen LogP contribution in [0.25, 0.3) is 0 Å². The van der Waals surface area contributed by atoms with Crippen LogP contribution in [0.15, 0.2) is 12.2 Å².